The van der Waals surface area contributed by atoms with Crippen molar-refractivity contribution in [2.75, 3.05) is 17.7 Å². The van der Waals surface area contributed by atoms with Crippen molar-refractivity contribution in [3.05, 3.63) is 105 Å². The SMILES string of the molecule is CCCCCCCCCCCCS(=O)(=O)c1ccc(NC(=O)C(C(=O)c2cc3ccccc3oc2=O)N2C(=O)C(OCC)N(Cc3ccccc3)C2=O)c(Cl)c1. The van der Waals surface area contributed by atoms with E-state index in [0.29, 0.717) is 22.3 Å². The summed E-state index contributed by atoms with van der Waals surface area (Å²) in [7, 11) is -3.71. The standard InChI is InChI=1S/C42H48ClN3O9S/c1-3-5-6-7-8-9-10-11-12-18-25-56(52,53)31-23-24-34(33(43)27-31)44-38(48)36(37(47)32-26-30-21-16-17-22-35(30)55-41(32)50)46-39(49)40(54-4-2)45(42(46)51)28-29-19-14-13-15-20-29/h13-17,19-24,26-27,36,40H,3-12,18,25,28H2,1-2H3,(H,44,48). The maximum Gasteiger partial charge on any atom is 0.347 e. The molecule has 298 valence electrons. The van der Waals surface area contributed by atoms with Gasteiger partial charge in [0.25, 0.3) is 11.8 Å². The summed E-state index contributed by atoms with van der Waals surface area (Å²) in [6.07, 6.45) is 9.09. The average molecular weight is 806 g/mol. The number of ketones is 1. The number of sulfone groups is 1. The molecular weight excluding hydrogens is 758 g/mol. The molecule has 1 aromatic heterocycles. The fourth-order valence-corrected chi connectivity index (χ4v) is 8.38. The Hall–Kier alpha value is -4.85. The van der Waals surface area contributed by atoms with Crippen LogP contribution in [0.25, 0.3) is 11.0 Å². The van der Waals surface area contributed by atoms with Gasteiger partial charge in [0.1, 0.15) is 11.1 Å². The number of carbonyl (C=O) groups is 4. The van der Waals surface area contributed by atoms with E-state index in [0.717, 1.165) is 30.6 Å². The molecule has 1 N–H and O–H groups in total. The van der Waals surface area contributed by atoms with Crippen LogP contribution in [0.3, 0.4) is 0 Å². The molecule has 1 aliphatic rings. The summed E-state index contributed by atoms with van der Waals surface area (Å²) >= 11 is 6.53. The van der Waals surface area contributed by atoms with Crippen molar-refractivity contribution in [1.82, 2.24) is 9.80 Å². The van der Waals surface area contributed by atoms with Gasteiger partial charge in [-0.3, -0.25) is 19.3 Å². The molecule has 4 amide bonds. The smallest absolute Gasteiger partial charge is 0.347 e. The molecule has 1 fully saturated rings. The third kappa shape index (κ3) is 10.3. The summed E-state index contributed by atoms with van der Waals surface area (Å²) in [5.74, 6) is -3.43. The van der Waals surface area contributed by atoms with Crippen LogP contribution in [0.15, 0.2) is 93.0 Å². The van der Waals surface area contributed by atoms with Gasteiger partial charge in [0, 0.05) is 12.0 Å². The summed E-state index contributed by atoms with van der Waals surface area (Å²) < 4.78 is 37.4. The van der Waals surface area contributed by atoms with E-state index in [4.69, 9.17) is 20.8 Å². The molecule has 14 heteroatoms. The van der Waals surface area contributed by atoms with E-state index in [1.54, 1.807) is 55.5 Å². The van der Waals surface area contributed by atoms with Gasteiger partial charge in [-0.15, -0.1) is 0 Å². The summed E-state index contributed by atoms with van der Waals surface area (Å²) in [6, 6.07) is 17.0. The van der Waals surface area contributed by atoms with Crippen LogP contribution < -0.4 is 10.9 Å². The topological polar surface area (TPSA) is 160 Å². The molecule has 1 aliphatic heterocycles. The number of nitrogens with one attached hydrogen (secondary N) is 1. The maximum atomic E-state index is 14.3. The molecule has 0 aliphatic carbocycles. The van der Waals surface area contributed by atoms with E-state index in [2.05, 4.69) is 12.2 Å². The van der Waals surface area contributed by atoms with Gasteiger partial charge in [-0.25, -0.2) is 22.9 Å². The number of carbonyl (C=O) groups excluding carboxylic acids is 4. The summed E-state index contributed by atoms with van der Waals surface area (Å²) in [5, 5.41) is 2.70. The molecule has 0 saturated carbocycles. The minimum Gasteiger partial charge on any atom is -0.422 e. The lowest BCUT2D eigenvalue weighted by atomic mass is 10.0. The van der Waals surface area contributed by atoms with Gasteiger partial charge in [-0.1, -0.05) is 125 Å². The highest BCUT2D eigenvalue weighted by molar-refractivity contribution is 7.91. The van der Waals surface area contributed by atoms with Gasteiger partial charge in [0.15, 0.2) is 15.9 Å². The number of urea groups is 1. The monoisotopic (exact) mass is 805 g/mol. The van der Waals surface area contributed by atoms with Crippen LogP contribution in [-0.4, -0.2) is 66.5 Å². The predicted octanol–water partition coefficient (Wildman–Crippen LogP) is 8.16. The molecule has 56 heavy (non-hydrogen) atoms. The molecule has 2 atom stereocenters. The molecule has 5 rings (SSSR count). The molecule has 12 nitrogen and oxygen atoms in total. The number of amides is 4. The Morgan fingerprint density at radius 1 is 0.839 bits per heavy atom. The first kappa shape index (κ1) is 42.3. The second-order valence-corrected chi connectivity index (χ2v) is 16.3. The highest BCUT2D eigenvalue weighted by atomic mass is 35.5. The Balaban J connectivity index is 1.37. The van der Waals surface area contributed by atoms with Crippen molar-refractivity contribution in [2.24, 2.45) is 0 Å². The molecule has 3 aromatic carbocycles. The first-order valence-corrected chi connectivity index (χ1v) is 21.2. The van der Waals surface area contributed by atoms with Crippen molar-refractivity contribution >= 4 is 61.7 Å². The van der Waals surface area contributed by atoms with E-state index >= 15 is 0 Å². The first-order valence-electron chi connectivity index (χ1n) is 19.2. The largest absolute Gasteiger partial charge is 0.422 e. The van der Waals surface area contributed by atoms with E-state index in [9.17, 15) is 32.4 Å². The van der Waals surface area contributed by atoms with Crippen molar-refractivity contribution in [3.8, 4) is 0 Å². The number of rotatable bonds is 21. The lowest BCUT2D eigenvalue weighted by molar-refractivity contribution is -0.144. The number of benzene rings is 3. The van der Waals surface area contributed by atoms with Crippen LogP contribution in [-0.2, 0) is 30.7 Å². The van der Waals surface area contributed by atoms with Crippen LogP contribution in [0.5, 0.6) is 0 Å². The number of halogens is 1. The number of nitrogens with zero attached hydrogens (tertiary/aromatic N) is 2. The Morgan fingerprint density at radius 2 is 1.48 bits per heavy atom. The molecule has 4 aromatic rings. The van der Waals surface area contributed by atoms with Crippen LogP contribution in [0.2, 0.25) is 5.02 Å². The van der Waals surface area contributed by atoms with Gasteiger partial charge in [-0.05, 0) is 49.2 Å². The molecule has 0 bridgehead atoms. The second kappa shape index (κ2) is 19.8. The van der Waals surface area contributed by atoms with Crippen molar-refractivity contribution in [1.29, 1.82) is 0 Å². The quantitative estimate of drug-likeness (QED) is 0.0288. The maximum absolute atomic E-state index is 14.3. The fourth-order valence-electron chi connectivity index (χ4n) is 6.70. The van der Waals surface area contributed by atoms with E-state index < -0.39 is 56.9 Å². The van der Waals surface area contributed by atoms with Crippen molar-refractivity contribution in [3.63, 3.8) is 0 Å². The number of Topliss-reactive ketones (excluding diaryl/α,β-unsaturated/α-hetero) is 1. The Bertz CT molecular complexity index is 2190. The van der Waals surface area contributed by atoms with Crippen LogP contribution in [0, 0.1) is 0 Å². The van der Waals surface area contributed by atoms with E-state index in [1.165, 1.54) is 62.4 Å². The molecule has 0 spiro atoms. The molecular formula is C42H48ClN3O9S. The zero-order valence-electron chi connectivity index (χ0n) is 31.7. The third-order valence-electron chi connectivity index (χ3n) is 9.69. The number of fused-ring (bicyclic) bond motifs is 1. The lowest BCUT2D eigenvalue weighted by Gasteiger charge is -2.24. The Kier molecular flexibility index (Phi) is 15.0. The van der Waals surface area contributed by atoms with E-state index in [-0.39, 0.29) is 40.1 Å². The van der Waals surface area contributed by atoms with Gasteiger partial charge in [0.2, 0.25) is 12.0 Å². The van der Waals surface area contributed by atoms with Crippen LogP contribution in [0.1, 0.15) is 94.0 Å². The number of hydrogen-bond donors (Lipinski definition) is 1. The normalized spacial score (nSPS) is 15.1. The Morgan fingerprint density at radius 3 is 2.14 bits per heavy atom. The number of anilines is 1. The second-order valence-electron chi connectivity index (χ2n) is 13.8. The molecule has 2 unspecified atom stereocenters. The molecule has 2 heterocycles. The highest BCUT2D eigenvalue weighted by Gasteiger charge is 2.53. The van der Waals surface area contributed by atoms with Crippen molar-refractivity contribution < 1.29 is 36.7 Å². The number of unbranched alkanes of at least 4 members (excludes halogenated alkanes) is 9. The number of ether oxygens (including phenoxy) is 1. The van der Waals surface area contributed by atoms with Crippen LogP contribution >= 0.6 is 11.6 Å². The third-order valence-corrected chi connectivity index (χ3v) is 11.8. The van der Waals surface area contributed by atoms with Gasteiger partial charge in [-0.2, -0.15) is 0 Å². The van der Waals surface area contributed by atoms with Crippen LogP contribution in [0.4, 0.5) is 10.5 Å². The zero-order valence-corrected chi connectivity index (χ0v) is 33.3. The number of imide groups is 1. The Labute approximate surface area is 332 Å². The minimum atomic E-state index is -3.71. The highest BCUT2D eigenvalue weighted by Crippen LogP contribution is 2.30. The molecule has 0 radical (unpaired) electrons. The predicted molar refractivity (Wildman–Crippen MR) is 214 cm³/mol. The van der Waals surface area contributed by atoms with Gasteiger partial charge in [0.05, 0.1) is 27.9 Å². The van der Waals surface area contributed by atoms with Crippen molar-refractivity contribution in [2.45, 2.75) is 102 Å². The summed E-state index contributed by atoms with van der Waals surface area (Å²) in [6.45, 7) is 3.74. The lowest BCUT2D eigenvalue weighted by Crippen LogP contribution is -2.53. The number of para-hydroxylation sites is 1. The van der Waals surface area contributed by atoms with Gasteiger partial charge < -0.3 is 14.5 Å². The van der Waals surface area contributed by atoms with E-state index in [1.807, 2.05) is 0 Å². The molecule has 1 saturated heterocycles. The fraction of sp³-hybridized carbons (Fsp3) is 0.405. The minimum absolute atomic E-state index is 0.0198. The number of hydrogen-bond acceptors (Lipinski definition) is 9. The summed E-state index contributed by atoms with van der Waals surface area (Å²) in [5.41, 5.74) is -0.900. The first-order chi connectivity index (χ1) is 27.0. The zero-order chi connectivity index (χ0) is 40.2. The summed E-state index contributed by atoms with van der Waals surface area (Å²) in [4.78, 5) is 71.3. The average Bonchev–Trinajstić information content (AvgIpc) is 3.40. The van der Waals surface area contributed by atoms with Gasteiger partial charge >= 0.3 is 11.7 Å².